The number of rotatable bonds is 16. The van der Waals surface area contributed by atoms with Crippen LogP contribution in [0.3, 0.4) is 0 Å². The first-order chi connectivity index (χ1) is 11.4. The van der Waals surface area contributed by atoms with Gasteiger partial charge in [0.15, 0.2) is 0 Å². The Balaban J connectivity index is 1.76. The number of hydrogen-bond donors (Lipinski definition) is 0. The molecule has 1 aromatic rings. The van der Waals surface area contributed by atoms with E-state index >= 15 is 0 Å². The van der Waals surface area contributed by atoms with Gasteiger partial charge in [0.05, 0.1) is 6.54 Å². The van der Waals surface area contributed by atoms with Crippen LogP contribution in [0.25, 0.3) is 0 Å². The molecule has 0 saturated carbocycles. The van der Waals surface area contributed by atoms with E-state index in [0.717, 1.165) is 12.4 Å². The van der Waals surface area contributed by atoms with E-state index in [1.807, 2.05) is 0 Å². The molecule has 0 bridgehead atoms. The fourth-order valence-corrected chi connectivity index (χ4v) is 3.82. The molecule has 3 heteroatoms. The van der Waals surface area contributed by atoms with Crippen LogP contribution in [0.1, 0.15) is 90.9 Å². The van der Waals surface area contributed by atoms with Gasteiger partial charge in [-0.05, 0) is 19.1 Å². The minimum atomic E-state index is 1.07. The van der Waals surface area contributed by atoms with Crippen molar-refractivity contribution >= 4 is 11.8 Å². The molecule has 1 aromatic heterocycles. The maximum Gasteiger partial charge on any atom is 0.244 e. The van der Waals surface area contributed by atoms with Gasteiger partial charge in [0.2, 0.25) is 6.33 Å². The minimum Gasteiger partial charge on any atom is -0.237 e. The Morgan fingerprint density at radius 1 is 0.783 bits per heavy atom. The molecule has 0 atom stereocenters. The number of imidazole rings is 1. The molecular formula is C20H39N2S+. The molecule has 1 heterocycles. The van der Waals surface area contributed by atoms with Crippen LogP contribution in [0.5, 0.6) is 0 Å². The monoisotopic (exact) mass is 339 g/mol. The maximum atomic E-state index is 2.29. The van der Waals surface area contributed by atoms with Crippen LogP contribution in [0.4, 0.5) is 0 Å². The summed E-state index contributed by atoms with van der Waals surface area (Å²) in [6.07, 6.45) is 23.8. The van der Waals surface area contributed by atoms with E-state index in [1.54, 1.807) is 0 Å². The highest BCUT2D eigenvalue weighted by molar-refractivity contribution is 7.98. The quantitative estimate of drug-likeness (QED) is 0.258. The van der Waals surface area contributed by atoms with Crippen LogP contribution >= 0.6 is 11.8 Å². The second-order valence-corrected chi connectivity index (χ2v) is 7.76. The molecule has 0 amide bonds. The molecule has 0 aromatic carbocycles. The zero-order valence-corrected chi connectivity index (χ0v) is 16.5. The summed E-state index contributed by atoms with van der Waals surface area (Å²) in [7, 11) is 0. The topological polar surface area (TPSA) is 8.81 Å². The Labute approximate surface area is 149 Å². The highest BCUT2D eigenvalue weighted by Gasteiger charge is 2.01. The molecular weight excluding hydrogens is 300 g/mol. The van der Waals surface area contributed by atoms with Crippen LogP contribution in [-0.2, 0) is 12.4 Å². The first-order valence-electron chi connectivity index (χ1n) is 9.99. The van der Waals surface area contributed by atoms with Crippen LogP contribution < -0.4 is 4.57 Å². The van der Waals surface area contributed by atoms with E-state index in [0.29, 0.717) is 0 Å². The summed E-state index contributed by atoms with van der Waals surface area (Å²) >= 11 is 2.06. The Bertz CT molecular complexity index is 362. The lowest BCUT2D eigenvalue weighted by Gasteiger charge is -2.03. The zero-order valence-electron chi connectivity index (χ0n) is 15.6. The fourth-order valence-electron chi connectivity index (χ4n) is 2.92. The van der Waals surface area contributed by atoms with Crippen molar-refractivity contribution in [1.82, 2.24) is 4.57 Å². The zero-order chi connectivity index (χ0) is 16.6. The summed E-state index contributed by atoms with van der Waals surface area (Å²) in [6, 6.07) is 0. The van der Waals surface area contributed by atoms with Gasteiger partial charge in [-0.25, -0.2) is 9.13 Å². The smallest absolute Gasteiger partial charge is 0.237 e. The van der Waals surface area contributed by atoms with Gasteiger partial charge >= 0.3 is 0 Å². The lowest BCUT2D eigenvalue weighted by atomic mass is 10.1. The Morgan fingerprint density at radius 3 is 1.87 bits per heavy atom. The average Bonchev–Trinajstić information content (AvgIpc) is 3.03. The lowest BCUT2D eigenvalue weighted by molar-refractivity contribution is -0.675. The van der Waals surface area contributed by atoms with Gasteiger partial charge in [-0.2, -0.15) is 0 Å². The summed E-state index contributed by atoms with van der Waals surface area (Å²) in [5.41, 5.74) is 0. The second-order valence-electron chi connectivity index (χ2n) is 6.68. The van der Waals surface area contributed by atoms with Crippen molar-refractivity contribution in [2.45, 2.75) is 103 Å². The van der Waals surface area contributed by atoms with Gasteiger partial charge in [-0.3, -0.25) is 0 Å². The molecule has 0 aliphatic heterocycles. The van der Waals surface area contributed by atoms with Gasteiger partial charge in [0.25, 0.3) is 0 Å². The number of aromatic nitrogens is 2. The maximum absolute atomic E-state index is 2.29. The minimum absolute atomic E-state index is 1.07. The summed E-state index contributed by atoms with van der Waals surface area (Å²) in [4.78, 5) is 0. The van der Waals surface area contributed by atoms with Crippen molar-refractivity contribution < 1.29 is 4.57 Å². The van der Waals surface area contributed by atoms with Crippen LogP contribution in [0.2, 0.25) is 0 Å². The molecule has 2 nitrogen and oxygen atoms in total. The van der Waals surface area contributed by atoms with Crippen LogP contribution in [-0.4, -0.2) is 10.3 Å². The van der Waals surface area contributed by atoms with Gasteiger partial charge in [0, 0.05) is 0 Å². The molecule has 0 saturated heterocycles. The number of nitrogens with zero attached hydrogens (tertiary/aromatic N) is 2. The summed E-state index contributed by atoms with van der Waals surface area (Å²) in [6.45, 7) is 5.54. The molecule has 0 spiro atoms. The van der Waals surface area contributed by atoms with Crippen molar-refractivity contribution in [1.29, 1.82) is 0 Å². The van der Waals surface area contributed by atoms with E-state index in [1.165, 1.54) is 82.8 Å². The number of unbranched alkanes of at least 4 members (excludes halogenated alkanes) is 11. The molecule has 0 radical (unpaired) electrons. The third-order valence-corrected chi connectivity index (χ3v) is 5.55. The van der Waals surface area contributed by atoms with Gasteiger partial charge in [0.1, 0.15) is 18.3 Å². The Morgan fingerprint density at radius 2 is 1.35 bits per heavy atom. The second kappa shape index (κ2) is 15.1. The molecule has 0 fully saturated rings. The largest absolute Gasteiger partial charge is 0.244 e. The average molecular weight is 340 g/mol. The molecule has 0 aliphatic rings. The van der Waals surface area contributed by atoms with Gasteiger partial charge < -0.3 is 0 Å². The van der Waals surface area contributed by atoms with Crippen molar-refractivity contribution in [3.63, 3.8) is 0 Å². The fraction of sp³-hybridized carbons (Fsp3) is 0.850. The number of hydrogen-bond acceptors (Lipinski definition) is 1. The third kappa shape index (κ3) is 11.7. The SMILES string of the molecule is CCCCCCCCCCCCCCSC[n+]1ccn(CC)c1. The molecule has 134 valence electrons. The van der Waals surface area contributed by atoms with E-state index < -0.39 is 0 Å². The Kier molecular flexibility index (Phi) is 13.5. The number of aryl methyl sites for hydroxylation is 1. The third-order valence-electron chi connectivity index (χ3n) is 4.49. The first kappa shape index (κ1) is 20.6. The molecule has 0 N–H and O–H groups in total. The van der Waals surface area contributed by atoms with Crippen molar-refractivity contribution in [2.24, 2.45) is 0 Å². The Hall–Kier alpha value is -0.440. The molecule has 1 rings (SSSR count). The highest BCUT2D eigenvalue weighted by Crippen LogP contribution is 2.13. The van der Waals surface area contributed by atoms with E-state index in [9.17, 15) is 0 Å². The van der Waals surface area contributed by atoms with Crippen molar-refractivity contribution in [3.05, 3.63) is 18.7 Å². The van der Waals surface area contributed by atoms with Crippen LogP contribution in [0, 0.1) is 0 Å². The van der Waals surface area contributed by atoms with Crippen molar-refractivity contribution in [3.8, 4) is 0 Å². The molecule has 0 unspecified atom stereocenters. The standard InChI is InChI=1S/C20H39N2S/c1-3-5-6-7-8-9-10-11-12-13-14-15-18-23-20-22-17-16-21(4-2)19-22/h16-17,19H,3-15,18,20H2,1-2H3/q+1. The molecule has 0 aliphatic carbocycles. The van der Waals surface area contributed by atoms with E-state index in [4.69, 9.17) is 0 Å². The summed E-state index contributed by atoms with van der Waals surface area (Å²) < 4.78 is 4.51. The lowest BCUT2D eigenvalue weighted by Crippen LogP contribution is -2.29. The first-order valence-corrected chi connectivity index (χ1v) is 11.1. The van der Waals surface area contributed by atoms with Gasteiger partial charge in [-0.1, -0.05) is 77.6 Å². The summed E-state index contributed by atoms with van der Waals surface area (Å²) in [5.74, 6) is 2.41. The van der Waals surface area contributed by atoms with Gasteiger partial charge in [-0.15, -0.1) is 11.8 Å². The predicted molar refractivity (Wildman–Crippen MR) is 104 cm³/mol. The van der Waals surface area contributed by atoms with Crippen LogP contribution in [0.15, 0.2) is 18.7 Å². The van der Waals surface area contributed by atoms with E-state index in [-0.39, 0.29) is 0 Å². The van der Waals surface area contributed by atoms with E-state index in [2.05, 4.69) is 53.5 Å². The highest BCUT2D eigenvalue weighted by atomic mass is 32.2. The molecule has 23 heavy (non-hydrogen) atoms. The normalized spacial score (nSPS) is 11.2. The number of thioether (sulfide) groups is 1. The summed E-state index contributed by atoms with van der Waals surface area (Å²) in [5, 5.41) is 0. The van der Waals surface area contributed by atoms with Crippen molar-refractivity contribution in [2.75, 3.05) is 5.75 Å². The predicted octanol–water partition coefficient (Wildman–Crippen LogP) is 6.19.